The van der Waals surface area contributed by atoms with Crippen LogP contribution in [0.2, 0.25) is 0 Å². The predicted molar refractivity (Wildman–Crippen MR) is 55.1 cm³/mol. The van der Waals surface area contributed by atoms with Gasteiger partial charge in [0.15, 0.2) is 19.3 Å². The molecule has 0 aliphatic carbocycles. The lowest BCUT2D eigenvalue weighted by molar-refractivity contribution is 0.108. The van der Waals surface area contributed by atoms with Gasteiger partial charge in [-0.25, -0.2) is 0 Å². The number of nitrogens with zero attached hydrogens (tertiary/aromatic N) is 1. The van der Waals surface area contributed by atoms with E-state index in [2.05, 4.69) is 5.18 Å². The van der Waals surface area contributed by atoms with Gasteiger partial charge in [0.2, 0.25) is 0 Å². The third-order valence-electron chi connectivity index (χ3n) is 1.87. The summed E-state index contributed by atoms with van der Waals surface area (Å²) in [6, 6.07) is 2.61. The van der Waals surface area contributed by atoms with Gasteiger partial charge in [0.25, 0.3) is 0 Å². The van der Waals surface area contributed by atoms with Gasteiger partial charge >= 0.3 is 0 Å². The van der Waals surface area contributed by atoms with Gasteiger partial charge in [-0.2, -0.15) is 0 Å². The summed E-state index contributed by atoms with van der Waals surface area (Å²) in [5.74, 6) is 0.635. The van der Waals surface area contributed by atoms with Crippen molar-refractivity contribution in [3.63, 3.8) is 0 Å². The molecular weight excluding hydrogens is 197 g/mol. The van der Waals surface area contributed by atoms with Crippen LogP contribution in [-0.4, -0.2) is 27.7 Å². The van der Waals surface area contributed by atoms with Crippen molar-refractivity contribution >= 4 is 19.2 Å². The van der Waals surface area contributed by atoms with E-state index in [9.17, 15) is 9.70 Å². The van der Waals surface area contributed by atoms with Crippen LogP contribution >= 0.6 is 0 Å². The van der Waals surface area contributed by atoms with Crippen LogP contribution in [0.5, 0.6) is 11.5 Å². The summed E-state index contributed by atoms with van der Waals surface area (Å²) in [6.45, 7) is 0. The first-order valence-corrected chi connectivity index (χ1v) is 4.03. The van der Waals surface area contributed by atoms with Crippen molar-refractivity contribution in [2.24, 2.45) is 5.18 Å². The largest absolute Gasteiger partial charge is 0.493 e. The van der Waals surface area contributed by atoms with E-state index in [-0.39, 0.29) is 11.3 Å². The molecule has 5 nitrogen and oxygen atoms in total. The SMILES string of the molecule is [B]C(=O)c1cc(OC)c(OC)cc1N=O. The molecule has 76 valence electrons. The van der Waals surface area contributed by atoms with Crippen LogP contribution in [0, 0.1) is 4.91 Å². The molecule has 0 aliphatic rings. The van der Waals surface area contributed by atoms with E-state index in [4.69, 9.17) is 17.3 Å². The van der Waals surface area contributed by atoms with Crippen molar-refractivity contribution in [2.75, 3.05) is 14.2 Å². The highest BCUT2D eigenvalue weighted by atomic mass is 16.5. The number of hydrogen-bond acceptors (Lipinski definition) is 5. The van der Waals surface area contributed by atoms with Crippen LogP contribution < -0.4 is 9.47 Å². The minimum absolute atomic E-state index is 0.00245. The number of methoxy groups -OCH3 is 2. The number of carbonyl (C=O) groups is 1. The number of hydrogen-bond donors (Lipinski definition) is 0. The van der Waals surface area contributed by atoms with Crippen LogP contribution in [0.25, 0.3) is 0 Å². The zero-order valence-electron chi connectivity index (χ0n) is 8.31. The van der Waals surface area contributed by atoms with Crippen molar-refractivity contribution in [1.82, 2.24) is 0 Å². The average Bonchev–Trinajstić information content (AvgIpc) is 2.26. The fourth-order valence-corrected chi connectivity index (χ4v) is 1.14. The van der Waals surface area contributed by atoms with E-state index in [0.29, 0.717) is 11.5 Å². The van der Waals surface area contributed by atoms with Crippen molar-refractivity contribution in [3.05, 3.63) is 22.6 Å². The second-order valence-corrected chi connectivity index (χ2v) is 2.68. The molecule has 0 fully saturated rings. The Hall–Kier alpha value is -1.85. The lowest BCUT2D eigenvalue weighted by atomic mass is 9.93. The monoisotopic (exact) mass is 205 g/mol. The lowest BCUT2D eigenvalue weighted by Gasteiger charge is -2.09. The molecule has 6 heteroatoms. The van der Waals surface area contributed by atoms with E-state index in [1.54, 1.807) is 0 Å². The minimum atomic E-state index is -0.745. The zero-order valence-corrected chi connectivity index (χ0v) is 8.31. The summed E-state index contributed by atoms with van der Waals surface area (Å²) >= 11 is 0. The van der Waals surface area contributed by atoms with Crippen LogP contribution in [0.3, 0.4) is 0 Å². The van der Waals surface area contributed by atoms with Crippen LogP contribution in [0.1, 0.15) is 10.4 Å². The second kappa shape index (κ2) is 4.59. The minimum Gasteiger partial charge on any atom is -0.493 e. The molecule has 0 heterocycles. The van der Waals surface area contributed by atoms with Crippen LogP contribution in [0.4, 0.5) is 5.69 Å². The molecule has 0 aliphatic heterocycles. The lowest BCUT2D eigenvalue weighted by Crippen LogP contribution is -2.00. The Morgan fingerprint density at radius 2 is 1.80 bits per heavy atom. The van der Waals surface area contributed by atoms with Crippen LogP contribution in [-0.2, 0) is 0 Å². The molecule has 0 N–H and O–H groups in total. The Morgan fingerprint density at radius 3 is 2.20 bits per heavy atom. The standard InChI is InChI=1S/C9H8BNO4/c1-14-7-3-5(9(10)12)6(11-13)4-8(7)15-2/h3-4H,1-2H3. The van der Waals surface area contributed by atoms with Gasteiger partial charge in [-0.1, -0.05) is 0 Å². The number of rotatable bonds is 4. The molecule has 0 spiro atoms. The molecule has 0 unspecified atom stereocenters. The number of nitroso groups, excluding NO2 is 1. The quantitative estimate of drug-likeness (QED) is 0.550. The second-order valence-electron chi connectivity index (χ2n) is 2.68. The Morgan fingerprint density at radius 1 is 1.27 bits per heavy atom. The summed E-state index contributed by atoms with van der Waals surface area (Å²) in [5.41, 5.74) is -0.812. The topological polar surface area (TPSA) is 65.0 Å². The molecule has 0 saturated heterocycles. The normalized spacial score (nSPS) is 9.47. The molecule has 0 amide bonds. The van der Waals surface area contributed by atoms with Gasteiger partial charge in [-0.05, 0) is 11.2 Å². The molecule has 1 aromatic carbocycles. The van der Waals surface area contributed by atoms with Gasteiger partial charge in [0.05, 0.1) is 14.2 Å². The molecule has 0 bridgehead atoms. The molecular formula is C9H8BNO4. The van der Waals surface area contributed by atoms with E-state index in [0.717, 1.165) is 0 Å². The highest BCUT2D eigenvalue weighted by molar-refractivity contribution is 6.63. The first-order chi connectivity index (χ1) is 7.13. The molecule has 0 aromatic heterocycles. The molecule has 0 atom stereocenters. The Labute approximate surface area is 87.8 Å². The summed E-state index contributed by atoms with van der Waals surface area (Å²) in [4.78, 5) is 21.4. The maximum atomic E-state index is 11.0. The predicted octanol–water partition coefficient (Wildman–Crippen LogP) is 1.41. The maximum Gasteiger partial charge on any atom is 0.175 e. The summed E-state index contributed by atoms with van der Waals surface area (Å²) in [6.07, 6.45) is 0. The van der Waals surface area contributed by atoms with Gasteiger partial charge in [0.1, 0.15) is 11.4 Å². The Bertz CT molecular complexity index is 405. The Kier molecular flexibility index (Phi) is 3.44. The Balaban J connectivity index is 3.40. The molecule has 1 rings (SSSR count). The molecule has 1 aromatic rings. The van der Waals surface area contributed by atoms with E-state index >= 15 is 0 Å². The third-order valence-corrected chi connectivity index (χ3v) is 1.87. The molecule has 2 radical (unpaired) electrons. The van der Waals surface area contributed by atoms with Crippen molar-refractivity contribution < 1.29 is 14.3 Å². The number of ether oxygens (including phenoxy) is 2. The van der Waals surface area contributed by atoms with Crippen LogP contribution in [0.15, 0.2) is 17.3 Å². The fraction of sp³-hybridized carbons (Fsp3) is 0.222. The summed E-state index contributed by atoms with van der Waals surface area (Å²) in [5, 5.41) is 2.69. The average molecular weight is 205 g/mol. The van der Waals surface area contributed by atoms with E-state index in [1.165, 1.54) is 26.4 Å². The first-order valence-electron chi connectivity index (χ1n) is 4.03. The highest BCUT2D eigenvalue weighted by Gasteiger charge is 2.14. The van der Waals surface area contributed by atoms with Gasteiger partial charge in [0, 0.05) is 11.6 Å². The molecule has 0 saturated carbocycles. The number of benzene rings is 1. The highest BCUT2D eigenvalue weighted by Crippen LogP contribution is 2.34. The number of carbonyl (C=O) groups excluding carboxylic acids is 1. The van der Waals surface area contributed by atoms with Crippen molar-refractivity contribution in [1.29, 1.82) is 0 Å². The fourth-order valence-electron chi connectivity index (χ4n) is 1.14. The van der Waals surface area contributed by atoms with Crippen molar-refractivity contribution in [2.45, 2.75) is 0 Å². The van der Waals surface area contributed by atoms with Crippen molar-refractivity contribution in [3.8, 4) is 11.5 Å². The summed E-state index contributed by atoms with van der Waals surface area (Å²) in [7, 11) is 7.90. The maximum absolute atomic E-state index is 11.0. The smallest absolute Gasteiger partial charge is 0.175 e. The van der Waals surface area contributed by atoms with Gasteiger partial charge in [-0.3, -0.25) is 0 Å². The van der Waals surface area contributed by atoms with E-state index < -0.39 is 5.68 Å². The zero-order chi connectivity index (χ0) is 11.4. The first kappa shape index (κ1) is 11.2. The summed E-state index contributed by atoms with van der Waals surface area (Å²) < 4.78 is 9.89. The van der Waals surface area contributed by atoms with Gasteiger partial charge in [-0.15, -0.1) is 4.91 Å². The van der Waals surface area contributed by atoms with E-state index in [1.807, 2.05) is 0 Å². The van der Waals surface area contributed by atoms with Gasteiger partial charge < -0.3 is 14.3 Å². The third kappa shape index (κ3) is 2.15. The molecule has 15 heavy (non-hydrogen) atoms.